The van der Waals surface area contributed by atoms with Gasteiger partial charge in [0.05, 0.1) is 6.54 Å². The molecule has 0 unspecified atom stereocenters. The molecule has 0 atom stereocenters. The van der Waals surface area contributed by atoms with Crippen LogP contribution >= 0.6 is 0 Å². The molecule has 1 amide bonds. The topological polar surface area (TPSA) is 113 Å². The number of anilines is 1. The van der Waals surface area contributed by atoms with E-state index in [1.54, 1.807) is 0 Å². The number of benzene rings is 1. The first-order valence-electron chi connectivity index (χ1n) is 6.70. The molecular formula is C14H17N3O5S. The summed E-state index contributed by atoms with van der Waals surface area (Å²) < 4.78 is 30.8. The van der Waals surface area contributed by atoms with Crippen molar-refractivity contribution in [3.63, 3.8) is 0 Å². The number of phenolic OH excluding ortho intramolecular Hbond substituents is 1. The first-order valence-corrected chi connectivity index (χ1v) is 8.14. The lowest BCUT2D eigenvalue weighted by Crippen LogP contribution is -2.35. The Morgan fingerprint density at radius 1 is 1.30 bits per heavy atom. The molecule has 1 aromatic carbocycles. The minimum absolute atomic E-state index is 0.0302. The number of amides is 1. The van der Waals surface area contributed by atoms with Crippen molar-refractivity contribution in [3.8, 4) is 5.75 Å². The van der Waals surface area contributed by atoms with Gasteiger partial charge in [0, 0.05) is 12.7 Å². The van der Waals surface area contributed by atoms with Gasteiger partial charge in [-0.3, -0.25) is 4.79 Å². The number of aromatic hydroxyl groups is 1. The van der Waals surface area contributed by atoms with Crippen LogP contribution in [-0.4, -0.2) is 42.5 Å². The fourth-order valence-electron chi connectivity index (χ4n) is 2.03. The number of nitrogens with one attached hydrogen (secondary N) is 1. The summed E-state index contributed by atoms with van der Waals surface area (Å²) in [5.41, 5.74) is 0.698. The van der Waals surface area contributed by atoms with Crippen LogP contribution in [0.5, 0.6) is 5.75 Å². The minimum Gasteiger partial charge on any atom is -0.508 e. The monoisotopic (exact) mass is 339 g/mol. The second kappa shape index (κ2) is 6.39. The lowest BCUT2D eigenvalue weighted by Gasteiger charge is -2.16. The molecule has 0 aliphatic heterocycles. The minimum atomic E-state index is -3.87. The summed E-state index contributed by atoms with van der Waals surface area (Å²) in [5.74, 6) is -0.261. The van der Waals surface area contributed by atoms with Crippen molar-refractivity contribution in [1.82, 2.24) is 9.46 Å². The smallest absolute Gasteiger partial charge is 0.248 e. The second-order valence-corrected chi connectivity index (χ2v) is 6.99. The molecule has 2 N–H and O–H groups in total. The predicted molar refractivity (Wildman–Crippen MR) is 82.5 cm³/mol. The standard InChI is InChI=1S/C14H17N3O5S/c1-9-14(10(2)22-16-9)23(20,21)17(3)8-13(19)15-11-4-6-12(18)7-5-11/h4-7,18H,8H2,1-3H3,(H,15,19). The van der Waals surface area contributed by atoms with E-state index in [4.69, 9.17) is 4.52 Å². The maximum Gasteiger partial charge on any atom is 0.248 e. The summed E-state index contributed by atoms with van der Waals surface area (Å²) in [4.78, 5) is 11.9. The molecule has 1 aromatic heterocycles. The van der Waals surface area contributed by atoms with Crippen LogP contribution < -0.4 is 5.32 Å². The average molecular weight is 339 g/mol. The number of rotatable bonds is 5. The highest BCUT2D eigenvalue weighted by Gasteiger charge is 2.29. The van der Waals surface area contributed by atoms with Gasteiger partial charge in [0.1, 0.15) is 16.3 Å². The Hall–Kier alpha value is -2.39. The van der Waals surface area contributed by atoms with Gasteiger partial charge in [-0.15, -0.1) is 0 Å². The van der Waals surface area contributed by atoms with Crippen molar-refractivity contribution >= 4 is 21.6 Å². The van der Waals surface area contributed by atoms with Crippen LogP contribution in [0.4, 0.5) is 5.69 Å². The summed E-state index contributed by atoms with van der Waals surface area (Å²) in [5, 5.41) is 15.4. The third-order valence-corrected chi connectivity index (χ3v) is 5.20. The van der Waals surface area contributed by atoms with Crippen LogP contribution in [-0.2, 0) is 14.8 Å². The van der Waals surface area contributed by atoms with Gasteiger partial charge in [-0.05, 0) is 38.1 Å². The van der Waals surface area contributed by atoms with Crippen LogP contribution in [0.1, 0.15) is 11.5 Å². The third kappa shape index (κ3) is 3.69. The molecule has 9 heteroatoms. The second-order valence-electron chi connectivity index (χ2n) is 5.01. The van der Waals surface area contributed by atoms with E-state index in [1.165, 1.54) is 45.2 Å². The molecule has 0 saturated heterocycles. The molecule has 0 radical (unpaired) electrons. The molecule has 0 spiro atoms. The maximum atomic E-state index is 12.5. The summed E-state index contributed by atoms with van der Waals surface area (Å²) in [6.07, 6.45) is 0. The number of hydrogen-bond acceptors (Lipinski definition) is 6. The average Bonchev–Trinajstić information content (AvgIpc) is 2.81. The van der Waals surface area contributed by atoms with Crippen molar-refractivity contribution < 1.29 is 22.8 Å². The maximum absolute atomic E-state index is 12.5. The van der Waals surface area contributed by atoms with Gasteiger partial charge in [-0.1, -0.05) is 5.16 Å². The van der Waals surface area contributed by atoms with E-state index in [-0.39, 0.29) is 28.6 Å². The molecule has 2 rings (SSSR count). The van der Waals surface area contributed by atoms with Crippen molar-refractivity contribution in [2.75, 3.05) is 18.9 Å². The highest BCUT2D eigenvalue weighted by molar-refractivity contribution is 7.89. The number of aryl methyl sites for hydroxylation is 2. The van der Waals surface area contributed by atoms with Crippen LogP contribution in [0.15, 0.2) is 33.7 Å². The summed E-state index contributed by atoms with van der Waals surface area (Å²) in [6, 6.07) is 5.85. The zero-order valence-corrected chi connectivity index (χ0v) is 13.7. The molecule has 0 aliphatic carbocycles. The molecule has 23 heavy (non-hydrogen) atoms. The molecule has 1 heterocycles. The Labute approximate surface area is 133 Å². The number of hydrogen-bond donors (Lipinski definition) is 2. The fraction of sp³-hybridized carbons (Fsp3) is 0.286. The van der Waals surface area contributed by atoms with Crippen LogP contribution in [0.3, 0.4) is 0 Å². The summed E-state index contributed by atoms with van der Waals surface area (Å²) in [6.45, 7) is 2.65. The zero-order chi connectivity index (χ0) is 17.2. The highest BCUT2D eigenvalue weighted by Crippen LogP contribution is 2.22. The highest BCUT2D eigenvalue weighted by atomic mass is 32.2. The zero-order valence-electron chi connectivity index (χ0n) is 12.9. The number of phenols is 1. The summed E-state index contributed by atoms with van der Waals surface area (Å²) in [7, 11) is -2.57. The van der Waals surface area contributed by atoms with E-state index >= 15 is 0 Å². The largest absolute Gasteiger partial charge is 0.508 e. The molecule has 0 fully saturated rings. The molecule has 8 nitrogen and oxygen atoms in total. The molecule has 0 saturated carbocycles. The quantitative estimate of drug-likeness (QED) is 0.793. The van der Waals surface area contributed by atoms with Crippen molar-refractivity contribution in [1.29, 1.82) is 0 Å². The number of carbonyl (C=O) groups excluding carboxylic acids is 1. The lowest BCUT2D eigenvalue weighted by atomic mass is 10.3. The van der Waals surface area contributed by atoms with E-state index in [9.17, 15) is 18.3 Å². The predicted octanol–water partition coefficient (Wildman–Crippen LogP) is 1.26. The van der Waals surface area contributed by atoms with Crippen molar-refractivity contribution in [2.45, 2.75) is 18.7 Å². The van der Waals surface area contributed by atoms with Gasteiger partial charge in [-0.25, -0.2) is 8.42 Å². The molecule has 0 bridgehead atoms. The van der Waals surface area contributed by atoms with E-state index in [0.29, 0.717) is 5.69 Å². The van der Waals surface area contributed by atoms with Gasteiger partial charge >= 0.3 is 0 Å². The van der Waals surface area contributed by atoms with Crippen molar-refractivity contribution in [2.24, 2.45) is 0 Å². The van der Waals surface area contributed by atoms with Crippen LogP contribution in [0.2, 0.25) is 0 Å². The normalized spacial score (nSPS) is 11.7. The number of nitrogens with zero attached hydrogens (tertiary/aromatic N) is 2. The molecule has 124 valence electrons. The van der Waals surface area contributed by atoms with E-state index in [2.05, 4.69) is 10.5 Å². The Balaban J connectivity index is 2.10. The number of carbonyl (C=O) groups is 1. The Bertz CT molecular complexity index is 792. The Kier molecular flexibility index (Phi) is 4.71. The van der Waals surface area contributed by atoms with Gasteiger partial charge in [0.2, 0.25) is 15.9 Å². The SMILES string of the molecule is Cc1noc(C)c1S(=O)(=O)N(C)CC(=O)Nc1ccc(O)cc1. The number of sulfonamides is 1. The first kappa shape index (κ1) is 17.0. The number of likely N-dealkylation sites (N-methyl/N-ethyl adjacent to an activating group) is 1. The molecule has 0 aliphatic rings. The molecular weight excluding hydrogens is 322 g/mol. The van der Waals surface area contributed by atoms with Crippen molar-refractivity contribution in [3.05, 3.63) is 35.7 Å². The van der Waals surface area contributed by atoms with Gasteiger partial charge in [0.15, 0.2) is 5.76 Å². The Morgan fingerprint density at radius 2 is 1.91 bits per heavy atom. The van der Waals surface area contributed by atoms with E-state index in [1.807, 2.05) is 0 Å². The molecule has 2 aromatic rings. The number of aromatic nitrogens is 1. The summed E-state index contributed by atoms with van der Waals surface area (Å²) >= 11 is 0. The lowest BCUT2D eigenvalue weighted by molar-refractivity contribution is -0.116. The van der Waals surface area contributed by atoms with Gasteiger partial charge < -0.3 is 14.9 Å². The van der Waals surface area contributed by atoms with Gasteiger partial charge in [-0.2, -0.15) is 4.31 Å². The van der Waals surface area contributed by atoms with Gasteiger partial charge in [0.25, 0.3) is 0 Å². The third-order valence-electron chi connectivity index (χ3n) is 3.15. The Morgan fingerprint density at radius 3 is 2.43 bits per heavy atom. The van der Waals surface area contributed by atoms with Crippen LogP contribution in [0, 0.1) is 13.8 Å². The van der Waals surface area contributed by atoms with E-state index in [0.717, 1.165) is 4.31 Å². The fourth-order valence-corrected chi connectivity index (χ4v) is 3.44. The first-order chi connectivity index (χ1) is 10.7. The van der Waals surface area contributed by atoms with E-state index < -0.39 is 15.9 Å². The van der Waals surface area contributed by atoms with Crippen LogP contribution in [0.25, 0.3) is 0 Å².